The van der Waals surface area contributed by atoms with Gasteiger partial charge in [-0.25, -0.2) is 4.79 Å². The second kappa shape index (κ2) is 11.9. The number of aromatic nitrogens is 1. The van der Waals surface area contributed by atoms with Crippen molar-refractivity contribution in [3.05, 3.63) is 119 Å². The van der Waals surface area contributed by atoms with Crippen LogP contribution in [0.15, 0.2) is 97.1 Å². The maximum atomic E-state index is 13.7. The smallest absolute Gasteiger partial charge is 0.355 e. The summed E-state index contributed by atoms with van der Waals surface area (Å²) in [4.78, 5) is 13.7. The van der Waals surface area contributed by atoms with Gasteiger partial charge in [0.1, 0.15) is 23.8 Å². The van der Waals surface area contributed by atoms with E-state index in [4.69, 9.17) is 14.2 Å². The first kappa shape index (κ1) is 28.0. The van der Waals surface area contributed by atoms with Crippen molar-refractivity contribution < 1.29 is 19.0 Å². The van der Waals surface area contributed by atoms with Gasteiger partial charge < -0.3 is 18.8 Å². The highest BCUT2D eigenvalue weighted by Gasteiger charge is 2.26. The first-order valence-electron chi connectivity index (χ1n) is 14.0. The average Bonchev–Trinajstić information content (AvgIpc) is 3.29. The van der Waals surface area contributed by atoms with Crippen molar-refractivity contribution in [1.29, 1.82) is 0 Å². The van der Waals surface area contributed by atoms with E-state index in [-0.39, 0.29) is 18.0 Å². The normalized spacial score (nSPS) is 11.4. The van der Waals surface area contributed by atoms with Crippen LogP contribution in [-0.2, 0) is 23.3 Å². The van der Waals surface area contributed by atoms with Crippen LogP contribution in [0.5, 0.6) is 11.5 Å². The highest BCUT2D eigenvalue weighted by Crippen LogP contribution is 2.39. The second-order valence-corrected chi connectivity index (χ2v) is 11.2. The molecule has 0 fully saturated rings. The summed E-state index contributed by atoms with van der Waals surface area (Å²) >= 11 is 0. The van der Waals surface area contributed by atoms with E-state index in [1.54, 1.807) is 7.11 Å². The molecule has 4 aromatic carbocycles. The lowest BCUT2D eigenvalue weighted by atomic mass is 9.86. The van der Waals surface area contributed by atoms with E-state index in [9.17, 15) is 4.79 Å². The van der Waals surface area contributed by atoms with Crippen molar-refractivity contribution in [2.45, 2.75) is 46.3 Å². The molecule has 0 saturated heterocycles. The summed E-state index contributed by atoms with van der Waals surface area (Å²) in [6.45, 7) is 9.64. The molecule has 0 aliphatic heterocycles. The van der Waals surface area contributed by atoms with Crippen LogP contribution >= 0.6 is 0 Å². The Bertz CT molecular complexity index is 1640. The lowest BCUT2D eigenvalue weighted by molar-refractivity contribution is 0.0516. The van der Waals surface area contributed by atoms with Gasteiger partial charge in [0.25, 0.3) is 0 Å². The van der Waals surface area contributed by atoms with Gasteiger partial charge in [0.15, 0.2) is 0 Å². The zero-order valence-corrected chi connectivity index (χ0v) is 24.4. The summed E-state index contributed by atoms with van der Waals surface area (Å²) < 4.78 is 19.4. The number of hydrogen-bond donors (Lipinski definition) is 0. The van der Waals surface area contributed by atoms with Crippen LogP contribution in [0.4, 0.5) is 0 Å². The molecule has 0 atom stereocenters. The molecule has 1 heterocycles. The number of carbonyl (C=O) groups excluding carboxylic acids is 1. The highest BCUT2D eigenvalue weighted by molar-refractivity contribution is 6.09. The monoisotopic (exact) mass is 547 g/mol. The molecule has 0 unspecified atom stereocenters. The van der Waals surface area contributed by atoms with E-state index in [1.165, 1.54) is 5.56 Å². The van der Waals surface area contributed by atoms with Crippen molar-refractivity contribution in [3.63, 3.8) is 0 Å². The number of hydrogen-bond acceptors (Lipinski definition) is 4. The summed E-state index contributed by atoms with van der Waals surface area (Å²) in [6, 6.07) is 32.5. The first-order chi connectivity index (χ1) is 19.8. The lowest BCUT2D eigenvalue weighted by Gasteiger charge is -2.19. The van der Waals surface area contributed by atoms with Crippen LogP contribution in [0.2, 0.25) is 0 Å². The number of methoxy groups -OCH3 is 1. The Kier molecular flexibility index (Phi) is 8.16. The molecule has 0 aliphatic rings. The summed E-state index contributed by atoms with van der Waals surface area (Å²) in [6.07, 6.45) is 0. The molecular formula is C36H37NO4. The third-order valence-electron chi connectivity index (χ3n) is 7.27. The Morgan fingerprint density at radius 1 is 0.805 bits per heavy atom. The van der Waals surface area contributed by atoms with E-state index < -0.39 is 0 Å². The lowest BCUT2D eigenvalue weighted by Crippen LogP contribution is -2.14. The van der Waals surface area contributed by atoms with E-state index in [1.807, 2.05) is 79.7 Å². The molecule has 0 bridgehead atoms. The van der Waals surface area contributed by atoms with Crippen molar-refractivity contribution >= 4 is 16.9 Å². The van der Waals surface area contributed by atoms with Crippen LogP contribution in [-0.4, -0.2) is 24.3 Å². The van der Waals surface area contributed by atoms with Crippen LogP contribution in [0.3, 0.4) is 0 Å². The predicted octanol–water partition coefficient (Wildman–Crippen LogP) is 8.42. The standard InChI is InChI=1S/C36H37NO4/c1-6-40-35(38)34-33(27-15-17-28(18-16-27)36(2,3)4)31-22-30(41-24-25-11-8-7-9-12-25)19-20-32(31)37(34)23-26-13-10-14-29(21-26)39-5/h7-22H,6,23-24H2,1-5H3. The second-order valence-electron chi connectivity index (χ2n) is 11.2. The molecule has 5 aromatic rings. The number of esters is 1. The van der Waals surface area contributed by atoms with E-state index in [2.05, 4.69) is 49.6 Å². The summed E-state index contributed by atoms with van der Waals surface area (Å²) in [7, 11) is 1.66. The molecule has 0 saturated carbocycles. The number of carbonyl (C=O) groups is 1. The van der Waals surface area contributed by atoms with E-state index >= 15 is 0 Å². The topological polar surface area (TPSA) is 49.7 Å². The molecule has 5 nitrogen and oxygen atoms in total. The van der Waals surface area contributed by atoms with Gasteiger partial charge in [-0.3, -0.25) is 0 Å². The van der Waals surface area contributed by atoms with Gasteiger partial charge in [0, 0.05) is 23.0 Å². The maximum Gasteiger partial charge on any atom is 0.355 e. The fourth-order valence-electron chi connectivity index (χ4n) is 5.12. The number of benzene rings is 4. The molecular weight excluding hydrogens is 510 g/mol. The highest BCUT2D eigenvalue weighted by atomic mass is 16.5. The van der Waals surface area contributed by atoms with Gasteiger partial charge in [0.05, 0.1) is 13.7 Å². The van der Waals surface area contributed by atoms with Crippen LogP contribution < -0.4 is 9.47 Å². The Morgan fingerprint density at radius 2 is 1.54 bits per heavy atom. The zero-order chi connectivity index (χ0) is 29.0. The average molecular weight is 548 g/mol. The van der Waals surface area contributed by atoms with Gasteiger partial charge in [-0.15, -0.1) is 0 Å². The van der Waals surface area contributed by atoms with Crippen molar-refractivity contribution in [2.24, 2.45) is 0 Å². The summed E-state index contributed by atoms with van der Waals surface area (Å²) in [5.74, 6) is 1.15. The first-order valence-corrected chi connectivity index (χ1v) is 14.0. The minimum atomic E-state index is -0.353. The molecule has 0 amide bonds. The van der Waals surface area contributed by atoms with Crippen LogP contribution in [0.25, 0.3) is 22.0 Å². The molecule has 0 N–H and O–H groups in total. The number of nitrogens with zero attached hydrogens (tertiary/aromatic N) is 1. The molecule has 0 radical (unpaired) electrons. The summed E-state index contributed by atoms with van der Waals surface area (Å²) in [5.41, 5.74) is 6.60. The quantitative estimate of drug-likeness (QED) is 0.174. The van der Waals surface area contributed by atoms with Crippen LogP contribution in [0, 0.1) is 0 Å². The number of rotatable bonds is 9. The molecule has 0 aliphatic carbocycles. The van der Waals surface area contributed by atoms with E-state index in [0.717, 1.165) is 44.7 Å². The summed E-state index contributed by atoms with van der Waals surface area (Å²) in [5, 5.41) is 0.935. The fourth-order valence-corrected chi connectivity index (χ4v) is 5.12. The SMILES string of the molecule is CCOC(=O)c1c(-c2ccc(C(C)(C)C)cc2)c2cc(OCc3ccccc3)ccc2n1Cc1cccc(OC)c1. The van der Waals surface area contributed by atoms with Crippen molar-refractivity contribution in [3.8, 4) is 22.6 Å². The Labute approximate surface area is 242 Å². The fraction of sp³-hybridized carbons (Fsp3) is 0.250. The van der Waals surface area contributed by atoms with Crippen molar-refractivity contribution in [2.75, 3.05) is 13.7 Å². The molecule has 5 rings (SSSR count). The predicted molar refractivity (Wildman–Crippen MR) is 165 cm³/mol. The van der Waals surface area contributed by atoms with Crippen LogP contribution in [0.1, 0.15) is 54.9 Å². The third-order valence-corrected chi connectivity index (χ3v) is 7.27. The van der Waals surface area contributed by atoms with Crippen molar-refractivity contribution in [1.82, 2.24) is 4.57 Å². The Hall–Kier alpha value is -4.51. The molecule has 0 spiro atoms. The van der Waals surface area contributed by atoms with Gasteiger partial charge in [-0.2, -0.15) is 0 Å². The Morgan fingerprint density at radius 3 is 2.22 bits per heavy atom. The molecule has 5 heteroatoms. The zero-order valence-electron chi connectivity index (χ0n) is 24.4. The maximum absolute atomic E-state index is 13.7. The van der Waals surface area contributed by atoms with Gasteiger partial charge in [-0.1, -0.05) is 87.5 Å². The van der Waals surface area contributed by atoms with Gasteiger partial charge >= 0.3 is 5.97 Å². The molecule has 41 heavy (non-hydrogen) atoms. The molecule has 210 valence electrons. The third kappa shape index (κ3) is 6.14. The molecule has 1 aromatic heterocycles. The Balaban J connectivity index is 1.69. The van der Waals surface area contributed by atoms with E-state index in [0.29, 0.717) is 18.8 Å². The minimum Gasteiger partial charge on any atom is -0.497 e. The van der Waals surface area contributed by atoms with Gasteiger partial charge in [0.2, 0.25) is 0 Å². The number of ether oxygens (including phenoxy) is 3. The largest absolute Gasteiger partial charge is 0.497 e. The number of fused-ring (bicyclic) bond motifs is 1. The van der Waals surface area contributed by atoms with Gasteiger partial charge in [-0.05, 0) is 64.9 Å². The minimum absolute atomic E-state index is 0.0152.